The minimum atomic E-state index is 0.0836. The van der Waals surface area contributed by atoms with Crippen LogP contribution in [0.1, 0.15) is 29.6 Å². The highest BCUT2D eigenvalue weighted by Gasteiger charge is 2.12. The number of Topliss-reactive ketones (excluding diaryl/α,β-unsaturated/α-hetero) is 1. The highest BCUT2D eigenvalue weighted by molar-refractivity contribution is 9.09. The Morgan fingerprint density at radius 3 is 2.81 bits per heavy atom. The Kier molecular flexibility index (Phi) is 5.85. The van der Waals surface area contributed by atoms with Crippen LogP contribution in [0.3, 0.4) is 0 Å². The van der Waals surface area contributed by atoms with Crippen LogP contribution in [0.15, 0.2) is 18.2 Å². The van der Waals surface area contributed by atoms with Gasteiger partial charge in [0.15, 0.2) is 5.78 Å². The average molecular weight is 306 g/mol. The molecule has 88 valence electrons. The summed E-state index contributed by atoms with van der Waals surface area (Å²) >= 11 is 9.20. The number of alkyl halides is 1. The van der Waals surface area contributed by atoms with Crippen molar-refractivity contribution in [1.82, 2.24) is 0 Å². The Hall–Kier alpha value is -0.540. The fraction of sp³-hybridized carbons (Fsp3) is 0.417. The first kappa shape index (κ1) is 13.5. The summed E-state index contributed by atoms with van der Waals surface area (Å²) in [5.41, 5.74) is 0.574. The number of ether oxygens (including phenoxy) is 1. The summed E-state index contributed by atoms with van der Waals surface area (Å²) in [5, 5.41) is 1.48. The monoisotopic (exact) mass is 304 g/mol. The summed E-state index contributed by atoms with van der Waals surface area (Å²) in [6.07, 6.45) is 2.40. The first-order valence-corrected chi connectivity index (χ1v) is 6.61. The Morgan fingerprint density at radius 1 is 1.44 bits per heavy atom. The molecule has 0 fully saturated rings. The van der Waals surface area contributed by atoms with Crippen LogP contribution in [0.2, 0.25) is 5.02 Å². The fourth-order valence-corrected chi connectivity index (χ4v) is 1.98. The third-order valence-corrected chi connectivity index (χ3v) is 3.05. The van der Waals surface area contributed by atoms with E-state index in [1.54, 1.807) is 25.3 Å². The molecule has 0 aliphatic carbocycles. The summed E-state index contributed by atoms with van der Waals surface area (Å²) < 4.78 is 5.14. The highest BCUT2D eigenvalue weighted by Crippen LogP contribution is 2.24. The lowest BCUT2D eigenvalue weighted by Gasteiger charge is -2.07. The number of rotatable bonds is 6. The molecule has 0 amide bonds. The van der Waals surface area contributed by atoms with E-state index >= 15 is 0 Å². The lowest BCUT2D eigenvalue weighted by Crippen LogP contribution is -2.02. The van der Waals surface area contributed by atoms with Gasteiger partial charge in [-0.05, 0) is 31.0 Å². The minimum Gasteiger partial charge on any atom is -0.496 e. The van der Waals surface area contributed by atoms with Crippen molar-refractivity contribution in [2.24, 2.45) is 0 Å². The number of carbonyl (C=O) groups is 1. The highest BCUT2D eigenvalue weighted by atomic mass is 79.9. The molecule has 1 aromatic rings. The van der Waals surface area contributed by atoms with E-state index in [2.05, 4.69) is 15.9 Å². The Labute approximate surface area is 109 Å². The van der Waals surface area contributed by atoms with Gasteiger partial charge in [-0.3, -0.25) is 4.79 Å². The van der Waals surface area contributed by atoms with Crippen molar-refractivity contribution in [1.29, 1.82) is 0 Å². The van der Waals surface area contributed by atoms with Gasteiger partial charge in [-0.1, -0.05) is 27.5 Å². The van der Waals surface area contributed by atoms with Gasteiger partial charge in [-0.25, -0.2) is 0 Å². The Bertz CT molecular complexity index is 366. The number of methoxy groups -OCH3 is 1. The van der Waals surface area contributed by atoms with Gasteiger partial charge < -0.3 is 4.74 Å². The SMILES string of the molecule is COc1ccc(Cl)cc1C(=O)CCCCBr. The molecule has 0 aliphatic rings. The number of hydrogen-bond donors (Lipinski definition) is 0. The predicted octanol–water partition coefficient (Wildman–Crippen LogP) is 4.10. The summed E-state index contributed by atoms with van der Waals surface area (Å²) in [6, 6.07) is 5.10. The van der Waals surface area contributed by atoms with Crippen LogP contribution in [0, 0.1) is 0 Å². The Balaban J connectivity index is 2.76. The molecule has 2 nitrogen and oxygen atoms in total. The average Bonchev–Trinajstić information content (AvgIpc) is 2.29. The maximum atomic E-state index is 11.9. The fourth-order valence-electron chi connectivity index (χ4n) is 1.41. The molecule has 0 saturated carbocycles. The maximum absolute atomic E-state index is 11.9. The van der Waals surface area contributed by atoms with Gasteiger partial charge in [0.05, 0.1) is 12.7 Å². The van der Waals surface area contributed by atoms with E-state index in [1.165, 1.54) is 0 Å². The molecule has 1 aromatic carbocycles. The van der Waals surface area contributed by atoms with E-state index in [1.807, 2.05) is 0 Å². The van der Waals surface area contributed by atoms with Gasteiger partial charge in [0, 0.05) is 16.8 Å². The topological polar surface area (TPSA) is 26.3 Å². The van der Waals surface area contributed by atoms with Gasteiger partial charge in [0.2, 0.25) is 0 Å². The Morgan fingerprint density at radius 2 is 2.19 bits per heavy atom. The molecule has 16 heavy (non-hydrogen) atoms. The van der Waals surface area contributed by atoms with Crippen molar-refractivity contribution in [2.75, 3.05) is 12.4 Å². The van der Waals surface area contributed by atoms with Gasteiger partial charge >= 0.3 is 0 Å². The molecule has 0 atom stereocenters. The minimum absolute atomic E-state index is 0.0836. The summed E-state index contributed by atoms with van der Waals surface area (Å²) in [4.78, 5) is 11.9. The summed E-state index contributed by atoms with van der Waals surface area (Å²) in [6.45, 7) is 0. The molecule has 0 saturated heterocycles. The van der Waals surface area contributed by atoms with Crippen LogP contribution in [-0.4, -0.2) is 18.2 Å². The molecule has 0 spiro atoms. The number of halogens is 2. The normalized spacial score (nSPS) is 10.2. The number of benzene rings is 1. The molecular weight excluding hydrogens is 291 g/mol. The lowest BCUT2D eigenvalue weighted by molar-refractivity contribution is 0.0977. The lowest BCUT2D eigenvalue weighted by atomic mass is 10.0. The zero-order valence-corrected chi connectivity index (χ0v) is 11.5. The van der Waals surface area contributed by atoms with Crippen LogP contribution in [-0.2, 0) is 0 Å². The molecule has 1 rings (SSSR count). The smallest absolute Gasteiger partial charge is 0.166 e. The standard InChI is InChI=1S/C12H14BrClO2/c1-16-12-6-5-9(14)8-10(12)11(15)4-2-3-7-13/h5-6,8H,2-4,7H2,1H3. The van der Waals surface area contributed by atoms with Crippen LogP contribution in [0.4, 0.5) is 0 Å². The van der Waals surface area contributed by atoms with E-state index < -0.39 is 0 Å². The second-order valence-corrected chi connectivity index (χ2v) is 4.64. The van der Waals surface area contributed by atoms with Crippen LogP contribution >= 0.6 is 27.5 Å². The maximum Gasteiger partial charge on any atom is 0.166 e. The largest absolute Gasteiger partial charge is 0.496 e. The van der Waals surface area contributed by atoms with Crippen molar-refractivity contribution in [3.8, 4) is 5.75 Å². The molecular formula is C12H14BrClO2. The van der Waals surface area contributed by atoms with Crippen molar-refractivity contribution in [3.05, 3.63) is 28.8 Å². The third kappa shape index (κ3) is 3.80. The van der Waals surface area contributed by atoms with Gasteiger partial charge in [-0.15, -0.1) is 0 Å². The second-order valence-electron chi connectivity index (χ2n) is 3.41. The second kappa shape index (κ2) is 6.92. The van der Waals surface area contributed by atoms with E-state index in [-0.39, 0.29) is 5.78 Å². The predicted molar refractivity (Wildman–Crippen MR) is 70.0 cm³/mol. The van der Waals surface area contributed by atoms with Crippen molar-refractivity contribution in [2.45, 2.75) is 19.3 Å². The van der Waals surface area contributed by atoms with E-state index in [9.17, 15) is 4.79 Å². The van der Waals surface area contributed by atoms with Crippen molar-refractivity contribution in [3.63, 3.8) is 0 Å². The molecule has 0 N–H and O–H groups in total. The molecule has 0 bridgehead atoms. The van der Waals surface area contributed by atoms with Crippen molar-refractivity contribution >= 4 is 33.3 Å². The van der Waals surface area contributed by atoms with Crippen LogP contribution < -0.4 is 4.74 Å². The quantitative estimate of drug-likeness (QED) is 0.449. The molecule has 0 aromatic heterocycles. The van der Waals surface area contributed by atoms with E-state index in [4.69, 9.17) is 16.3 Å². The number of ketones is 1. The molecule has 0 unspecified atom stereocenters. The molecule has 0 heterocycles. The van der Waals surface area contributed by atoms with E-state index in [0.29, 0.717) is 22.8 Å². The third-order valence-electron chi connectivity index (χ3n) is 2.25. The van der Waals surface area contributed by atoms with Crippen LogP contribution in [0.5, 0.6) is 5.75 Å². The summed E-state index contributed by atoms with van der Waals surface area (Å²) in [7, 11) is 1.55. The molecule has 4 heteroatoms. The van der Waals surface area contributed by atoms with Gasteiger partial charge in [0.25, 0.3) is 0 Å². The molecule has 0 aliphatic heterocycles. The van der Waals surface area contributed by atoms with Gasteiger partial charge in [0.1, 0.15) is 5.75 Å². The van der Waals surface area contributed by atoms with E-state index in [0.717, 1.165) is 18.2 Å². The first-order valence-electron chi connectivity index (χ1n) is 5.11. The number of hydrogen-bond acceptors (Lipinski definition) is 2. The zero-order valence-electron chi connectivity index (χ0n) is 9.13. The summed E-state index contributed by atoms with van der Waals surface area (Å²) in [5.74, 6) is 0.675. The number of carbonyl (C=O) groups excluding carboxylic acids is 1. The molecule has 0 radical (unpaired) electrons. The van der Waals surface area contributed by atoms with Crippen molar-refractivity contribution < 1.29 is 9.53 Å². The zero-order chi connectivity index (χ0) is 12.0. The van der Waals surface area contributed by atoms with Gasteiger partial charge in [-0.2, -0.15) is 0 Å². The van der Waals surface area contributed by atoms with Crippen LogP contribution in [0.25, 0.3) is 0 Å². The number of unbranched alkanes of at least 4 members (excludes halogenated alkanes) is 1. The first-order chi connectivity index (χ1) is 7.69.